The molecule has 148 valence electrons. The molecule has 0 aromatic carbocycles. The SMILES string of the molecule is CCNC(=NCC1CCCOC1C(C)(C)C)NC1CCS(=O)(=O)C1.I. The smallest absolute Gasteiger partial charge is 0.191 e. The van der Waals surface area contributed by atoms with Gasteiger partial charge in [-0.05, 0) is 31.6 Å². The van der Waals surface area contributed by atoms with Gasteiger partial charge in [-0.25, -0.2) is 8.42 Å². The highest BCUT2D eigenvalue weighted by molar-refractivity contribution is 14.0. The molecule has 0 amide bonds. The van der Waals surface area contributed by atoms with Crippen molar-refractivity contribution in [2.45, 2.75) is 59.1 Å². The minimum Gasteiger partial charge on any atom is -0.377 e. The second-order valence-corrected chi connectivity index (χ2v) is 10.3. The van der Waals surface area contributed by atoms with Crippen molar-refractivity contribution in [2.24, 2.45) is 16.3 Å². The van der Waals surface area contributed by atoms with Crippen LogP contribution in [0.15, 0.2) is 4.99 Å². The van der Waals surface area contributed by atoms with Crippen LogP contribution in [0.5, 0.6) is 0 Å². The summed E-state index contributed by atoms with van der Waals surface area (Å²) >= 11 is 0. The molecule has 2 aliphatic heterocycles. The van der Waals surface area contributed by atoms with Crippen LogP contribution in [0.3, 0.4) is 0 Å². The number of hydrogen-bond acceptors (Lipinski definition) is 4. The van der Waals surface area contributed by atoms with E-state index in [1.54, 1.807) is 0 Å². The first-order chi connectivity index (χ1) is 11.2. The number of guanidine groups is 1. The van der Waals surface area contributed by atoms with Crippen molar-refractivity contribution in [3.05, 3.63) is 0 Å². The zero-order valence-electron chi connectivity index (χ0n) is 15.9. The maximum Gasteiger partial charge on any atom is 0.191 e. The molecule has 2 N–H and O–H groups in total. The van der Waals surface area contributed by atoms with Crippen LogP contribution in [-0.2, 0) is 14.6 Å². The third-order valence-electron chi connectivity index (χ3n) is 4.70. The molecule has 2 aliphatic rings. The van der Waals surface area contributed by atoms with Gasteiger partial charge in [-0.1, -0.05) is 20.8 Å². The second kappa shape index (κ2) is 9.73. The molecule has 2 saturated heterocycles. The number of rotatable bonds is 4. The van der Waals surface area contributed by atoms with Crippen LogP contribution >= 0.6 is 24.0 Å². The summed E-state index contributed by atoms with van der Waals surface area (Å²) in [6, 6.07) is -0.0335. The Labute approximate surface area is 169 Å². The maximum absolute atomic E-state index is 11.6. The summed E-state index contributed by atoms with van der Waals surface area (Å²) < 4.78 is 29.3. The van der Waals surface area contributed by atoms with E-state index < -0.39 is 9.84 Å². The lowest BCUT2D eigenvalue weighted by Crippen LogP contribution is -2.45. The van der Waals surface area contributed by atoms with E-state index in [9.17, 15) is 8.42 Å². The number of ether oxygens (including phenoxy) is 1. The van der Waals surface area contributed by atoms with E-state index in [0.29, 0.717) is 18.9 Å². The number of hydrogen-bond donors (Lipinski definition) is 2. The van der Waals surface area contributed by atoms with E-state index >= 15 is 0 Å². The van der Waals surface area contributed by atoms with Crippen molar-refractivity contribution in [2.75, 3.05) is 31.2 Å². The monoisotopic (exact) mass is 487 g/mol. The Morgan fingerprint density at radius 2 is 2.00 bits per heavy atom. The lowest BCUT2D eigenvalue weighted by Gasteiger charge is -2.39. The number of aliphatic imine (C=N–C) groups is 1. The molecule has 0 radical (unpaired) electrons. The minimum absolute atomic E-state index is 0. The standard InChI is InChI=1S/C17H33N3O3S.HI/c1-5-18-16(20-14-8-10-24(21,22)12-14)19-11-13-7-6-9-23-15(13)17(2,3)4;/h13-15H,5-12H2,1-4H3,(H2,18,19,20);1H. The number of nitrogens with zero attached hydrogens (tertiary/aromatic N) is 1. The van der Waals surface area contributed by atoms with Gasteiger partial charge in [0.1, 0.15) is 0 Å². The summed E-state index contributed by atoms with van der Waals surface area (Å²) in [5.74, 6) is 1.60. The Balaban J connectivity index is 0.00000312. The average Bonchev–Trinajstić information content (AvgIpc) is 2.83. The van der Waals surface area contributed by atoms with E-state index in [0.717, 1.165) is 32.0 Å². The first kappa shape index (κ1) is 23.0. The quantitative estimate of drug-likeness (QED) is 0.361. The predicted octanol–water partition coefficient (Wildman–Crippen LogP) is 2.19. The largest absolute Gasteiger partial charge is 0.377 e. The van der Waals surface area contributed by atoms with Gasteiger partial charge in [0, 0.05) is 31.7 Å². The normalized spacial score (nSPS) is 29.8. The molecule has 0 spiro atoms. The van der Waals surface area contributed by atoms with E-state index in [2.05, 4.69) is 31.4 Å². The molecule has 25 heavy (non-hydrogen) atoms. The molecule has 8 heteroatoms. The molecule has 0 aromatic rings. The third kappa shape index (κ3) is 7.21. The highest BCUT2D eigenvalue weighted by Gasteiger charge is 2.35. The molecule has 2 heterocycles. The van der Waals surface area contributed by atoms with Gasteiger partial charge in [-0.15, -0.1) is 24.0 Å². The molecule has 6 nitrogen and oxygen atoms in total. The van der Waals surface area contributed by atoms with Crippen LogP contribution in [0, 0.1) is 11.3 Å². The van der Waals surface area contributed by atoms with E-state index in [1.165, 1.54) is 0 Å². The lowest BCUT2D eigenvalue weighted by molar-refractivity contribution is -0.0823. The number of nitrogens with one attached hydrogen (secondary N) is 2. The van der Waals surface area contributed by atoms with Gasteiger partial charge >= 0.3 is 0 Å². The van der Waals surface area contributed by atoms with E-state index in [-0.39, 0.29) is 53.0 Å². The van der Waals surface area contributed by atoms with Crippen LogP contribution < -0.4 is 10.6 Å². The fourth-order valence-electron chi connectivity index (χ4n) is 3.62. The number of halogens is 1. The predicted molar refractivity (Wildman–Crippen MR) is 114 cm³/mol. The van der Waals surface area contributed by atoms with Crippen LogP contribution in [0.25, 0.3) is 0 Å². The van der Waals surface area contributed by atoms with Gasteiger partial charge in [0.15, 0.2) is 15.8 Å². The van der Waals surface area contributed by atoms with Crippen LogP contribution in [0.1, 0.15) is 47.0 Å². The van der Waals surface area contributed by atoms with Crippen molar-refractivity contribution in [1.82, 2.24) is 10.6 Å². The Hall–Kier alpha value is -0.0900. The second-order valence-electron chi connectivity index (χ2n) is 8.02. The molecule has 0 bridgehead atoms. The fourth-order valence-corrected chi connectivity index (χ4v) is 5.29. The molecule has 0 saturated carbocycles. The Morgan fingerprint density at radius 1 is 1.28 bits per heavy atom. The van der Waals surface area contributed by atoms with Gasteiger partial charge in [0.05, 0.1) is 17.6 Å². The van der Waals surface area contributed by atoms with Gasteiger partial charge in [0.2, 0.25) is 0 Å². The molecular formula is C17H34IN3O3S. The Kier molecular flexibility index (Phi) is 8.93. The van der Waals surface area contributed by atoms with Crippen molar-refractivity contribution in [3.8, 4) is 0 Å². The molecular weight excluding hydrogens is 453 g/mol. The van der Waals surface area contributed by atoms with Crippen LogP contribution in [0.2, 0.25) is 0 Å². The molecule has 0 aromatic heterocycles. The molecule has 2 rings (SSSR count). The molecule has 3 atom stereocenters. The van der Waals surface area contributed by atoms with Gasteiger partial charge < -0.3 is 15.4 Å². The van der Waals surface area contributed by atoms with Gasteiger partial charge in [-0.3, -0.25) is 4.99 Å². The van der Waals surface area contributed by atoms with Gasteiger partial charge in [0.25, 0.3) is 0 Å². The fraction of sp³-hybridized carbons (Fsp3) is 0.941. The summed E-state index contributed by atoms with van der Waals surface area (Å²) in [7, 11) is -2.88. The average molecular weight is 487 g/mol. The first-order valence-corrected chi connectivity index (χ1v) is 10.9. The van der Waals surface area contributed by atoms with Crippen molar-refractivity contribution in [1.29, 1.82) is 0 Å². The minimum atomic E-state index is -2.88. The molecule has 3 unspecified atom stereocenters. The number of sulfone groups is 1. The Morgan fingerprint density at radius 3 is 2.56 bits per heavy atom. The highest BCUT2D eigenvalue weighted by atomic mass is 127. The van der Waals surface area contributed by atoms with Crippen LogP contribution in [0.4, 0.5) is 0 Å². The molecule has 2 fully saturated rings. The first-order valence-electron chi connectivity index (χ1n) is 9.08. The summed E-state index contributed by atoms with van der Waals surface area (Å²) in [5, 5.41) is 6.52. The van der Waals surface area contributed by atoms with E-state index in [4.69, 9.17) is 9.73 Å². The topological polar surface area (TPSA) is 79.8 Å². The summed E-state index contributed by atoms with van der Waals surface area (Å²) in [4.78, 5) is 4.73. The summed E-state index contributed by atoms with van der Waals surface area (Å²) in [5.41, 5.74) is 0.103. The molecule has 0 aliphatic carbocycles. The van der Waals surface area contributed by atoms with Crippen molar-refractivity contribution < 1.29 is 13.2 Å². The Bertz CT molecular complexity index is 546. The third-order valence-corrected chi connectivity index (χ3v) is 6.47. The lowest BCUT2D eigenvalue weighted by atomic mass is 9.78. The van der Waals surface area contributed by atoms with Crippen molar-refractivity contribution >= 4 is 39.8 Å². The zero-order valence-corrected chi connectivity index (χ0v) is 19.0. The summed E-state index contributed by atoms with van der Waals surface area (Å²) in [6.45, 7) is 11.0. The van der Waals surface area contributed by atoms with Crippen LogP contribution in [-0.4, -0.2) is 57.7 Å². The summed E-state index contributed by atoms with van der Waals surface area (Å²) in [6.07, 6.45) is 3.08. The maximum atomic E-state index is 11.6. The zero-order chi connectivity index (χ0) is 17.8. The van der Waals surface area contributed by atoms with E-state index in [1.807, 2.05) is 6.92 Å². The van der Waals surface area contributed by atoms with Gasteiger partial charge in [-0.2, -0.15) is 0 Å². The highest BCUT2D eigenvalue weighted by Crippen LogP contribution is 2.34. The van der Waals surface area contributed by atoms with Crippen molar-refractivity contribution in [3.63, 3.8) is 0 Å².